The number of aryl methyl sites for hydroxylation is 4. The van der Waals surface area contributed by atoms with Gasteiger partial charge in [0.15, 0.2) is 23.0 Å². The van der Waals surface area contributed by atoms with Crippen LogP contribution in [-0.2, 0) is 42.2 Å². The van der Waals surface area contributed by atoms with Gasteiger partial charge in [0.2, 0.25) is 0 Å². The van der Waals surface area contributed by atoms with Crippen molar-refractivity contribution in [1.82, 2.24) is 0 Å². The van der Waals surface area contributed by atoms with E-state index < -0.39 is 34.9 Å². The van der Waals surface area contributed by atoms with Crippen LogP contribution < -0.4 is 10.2 Å². The Balaban J connectivity index is 0.00000131. The van der Waals surface area contributed by atoms with Crippen molar-refractivity contribution < 1.29 is 56.7 Å². The molecule has 0 spiro atoms. The maximum Gasteiger partial charge on any atom is 2.00 e. The minimum absolute atomic E-state index is 0. The van der Waals surface area contributed by atoms with E-state index in [0.29, 0.717) is 24.0 Å². The molecule has 11 heteroatoms. The Morgan fingerprint density at radius 3 is 0.880 bits per heavy atom. The van der Waals surface area contributed by atoms with E-state index in [1.807, 2.05) is 13.8 Å². The summed E-state index contributed by atoms with van der Waals surface area (Å²) in [6.07, 6.45) is 74.2. The van der Waals surface area contributed by atoms with Gasteiger partial charge < -0.3 is 40.2 Å². The first kappa shape index (κ1) is 92.3. The maximum absolute atomic E-state index is 10.8. The summed E-state index contributed by atoms with van der Waals surface area (Å²) in [6, 6.07) is 23.5. The molecule has 0 radical (unpaired) electrons. The molecular weight excluding hydrogens is 1280 g/mol. The predicted molar refractivity (Wildman–Crippen MR) is 419 cm³/mol. The first-order valence-corrected chi connectivity index (χ1v) is 40.5. The molecule has 100 heavy (non-hydrogen) atoms. The molecule has 4 rings (SSSR count). The minimum atomic E-state index is -1.46. The van der Waals surface area contributed by atoms with Crippen LogP contribution in [0.25, 0.3) is 0 Å². The fourth-order valence-corrected chi connectivity index (χ4v) is 12.8. The van der Waals surface area contributed by atoms with E-state index in [0.717, 1.165) is 75.6 Å². The zero-order valence-corrected chi connectivity index (χ0v) is 64.9. The van der Waals surface area contributed by atoms with Crippen molar-refractivity contribution in [3.63, 3.8) is 0 Å². The molecule has 0 aromatic heterocycles. The van der Waals surface area contributed by atoms with Gasteiger partial charge in [-0.3, -0.25) is 9.98 Å². The van der Waals surface area contributed by atoms with Gasteiger partial charge in [-0.25, -0.2) is 0 Å². The number of benzene rings is 4. The Morgan fingerprint density at radius 2 is 0.570 bits per heavy atom. The number of aromatic carboxylic acids is 2. The molecule has 0 bridgehead atoms. The topological polar surface area (TPSA) is 186 Å². The summed E-state index contributed by atoms with van der Waals surface area (Å²) >= 11 is 0. The molecule has 0 fully saturated rings. The predicted octanol–water partition coefficient (Wildman–Crippen LogP) is 25.2. The van der Waals surface area contributed by atoms with Gasteiger partial charge in [-0.1, -0.05) is 339 Å². The number of phenolic OH excluding ortho intramolecular Hbond substituents is 2. The summed E-state index contributed by atoms with van der Waals surface area (Å²) in [7, 11) is 0. The van der Waals surface area contributed by atoms with Crippen LogP contribution in [0.4, 0.5) is 11.4 Å². The van der Waals surface area contributed by atoms with Crippen molar-refractivity contribution in [1.29, 1.82) is 0 Å². The SMILES string of the molecule is CCCCCCCCCCCCCCCCC=CCCc1ccccc1N=C(CCCCC)C(CCCCCCCC)=Nc1ccccc1CCC=CCCCCCCCCCCCCCCCC.CCCCc1ccc(O)c(O)c1C(=O)[O-].CCCCc1ccc(O)c(O)c1C(=O)[O-].[Ni+2]. The molecule has 10 nitrogen and oxygen atoms in total. The smallest absolute Gasteiger partial charge is 0.545 e. The molecule has 0 aliphatic carbocycles. The van der Waals surface area contributed by atoms with Crippen molar-refractivity contribution in [3.8, 4) is 23.0 Å². The Morgan fingerprint density at radius 1 is 0.310 bits per heavy atom. The molecule has 0 heterocycles. The van der Waals surface area contributed by atoms with E-state index in [2.05, 4.69) is 101 Å². The van der Waals surface area contributed by atoms with E-state index in [-0.39, 0.29) is 27.6 Å². The second kappa shape index (κ2) is 64.2. The van der Waals surface area contributed by atoms with Crippen molar-refractivity contribution >= 4 is 34.7 Å². The summed E-state index contributed by atoms with van der Waals surface area (Å²) in [6.45, 7) is 13.2. The summed E-state index contributed by atoms with van der Waals surface area (Å²) in [5.74, 6) is -5.01. The van der Waals surface area contributed by atoms with Gasteiger partial charge in [0, 0.05) is 11.1 Å². The number of phenols is 4. The zero-order valence-electron chi connectivity index (χ0n) is 63.9. The number of carboxylic acid groups (broad SMARTS) is 2. The van der Waals surface area contributed by atoms with Crippen LogP contribution in [0.1, 0.15) is 386 Å². The van der Waals surface area contributed by atoms with Gasteiger partial charge in [0.05, 0.1) is 34.7 Å². The van der Waals surface area contributed by atoms with Gasteiger partial charge in [-0.05, 0) is 149 Å². The number of unbranched alkanes of at least 4 members (excludes halogenated alkanes) is 37. The number of nitrogens with zero attached hydrogens (tertiary/aromatic N) is 2. The molecule has 0 unspecified atom stereocenters. The molecule has 0 aliphatic rings. The van der Waals surface area contributed by atoms with E-state index in [9.17, 15) is 30.0 Å². The van der Waals surface area contributed by atoms with Crippen LogP contribution >= 0.6 is 0 Å². The fourth-order valence-electron chi connectivity index (χ4n) is 12.8. The van der Waals surface area contributed by atoms with Crippen LogP contribution in [-0.4, -0.2) is 43.8 Å². The standard InChI is InChI=1S/C67H114N2.2C11H14O4.Ni/c1-5-9-13-16-19-21-23-25-27-29-31-33-35-37-39-41-43-47-54-62-56-50-52-58-64(62)68-66(60-46-12-8-4)67(61-49-45-18-15-11-7-3)69-65-59-53-51-57-63(65)55-48-44-42-40-38-36-34-32-30-28-26-24-22-20-17-14-10-6-2;2*1-2-3-4-7-5-6-8(12)10(13)9(7)11(14)15;/h41-44,50-53,56-59H,5-40,45-49,54-55,60-61H2,1-4H3;2*5-6,12-13H,2-4H2,1H3,(H,14,15);/q;;;+2/p-2. The number of rotatable bonds is 58. The van der Waals surface area contributed by atoms with Crippen LogP contribution in [0.5, 0.6) is 23.0 Å². The number of hydrogen-bond donors (Lipinski definition) is 4. The van der Waals surface area contributed by atoms with Crippen molar-refractivity contribution in [2.24, 2.45) is 9.98 Å². The van der Waals surface area contributed by atoms with E-state index in [1.54, 1.807) is 0 Å². The number of carboxylic acids is 2. The van der Waals surface area contributed by atoms with E-state index in [1.165, 1.54) is 297 Å². The molecule has 4 aromatic carbocycles. The van der Waals surface area contributed by atoms with Crippen molar-refractivity contribution in [2.45, 2.75) is 369 Å². The van der Waals surface area contributed by atoms with Crippen LogP contribution in [0.2, 0.25) is 0 Å². The molecule has 0 saturated carbocycles. The molecule has 0 atom stereocenters. The summed E-state index contributed by atoms with van der Waals surface area (Å²) < 4.78 is 0. The van der Waals surface area contributed by atoms with Crippen LogP contribution in [0.3, 0.4) is 0 Å². The van der Waals surface area contributed by atoms with Gasteiger partial charge in [-0.15, -0.1) is 0 Å². The molecule has 0 saturated heterocycles. The normalized spacial score (nSPS) is 11.6. The summed E-state index contributed by atoms with van der Waals surface area (Å²) in [5.41, 5.74) is 7.87. The summed E-state index contributed by atoms with van der Waals surface area (Å²) in [5, 5.41) is 58.6. The molecule has 0 amide bonds. The quantitative estimate of drug-likeness (QED) is 0.0111. The monoisotopic (exact) mass is 1420 g/mol. The number of para-hydroxylation sites is 2. The van der Waals surface area contributed by atoms with E-state index >= 15 is 0 Å². The number of carbonyl (C=O) groups is 2. The maximum atomic E-state index is 10.8. The number of aliphatic imine (C=N–C) groups is 2. The van der Waals surface area contributed by atoms with Gasteiger partial charge in [0.25, 0.3) is 0 Å². The first-order valence-electron chi connectivity index (χ1n) is 40.5. The Bertz CT molecular complexity index is 2730. The largest absolute Gasteiger partial charge is 2.00 e. The van der Waals surface area contributed by atoms with Crippen LogP contribution in [0, 0.1) is 0 Å². The Hall–Kier alpha value is -5.67. The minimum Gasteiger partial charge on any atom is -0.545 e. The van der Waals surface area contributed by atoms with Gasteiger partial charge in [-0.2, -0.15) is 0 Å². The molecule has 4 N–H and O–H groups in total. The zero-order chi connectivity index (χ0) is 72.0. The summed E-state index contributed by atoms with van der Waals surface area (Å²) in [4.78, 5) is 32.7. The molecule has 4 aromatic rings. The van der Waals surface area contributed by atoms with E-state index in [4.69, 9.17) is 20.2 Å². The first-order chi connectivity index (χ1) is 48.4. The number of allylic oxidation sites excluding steroid dienone is 4. The third-order valence-corrected chi connectivity index (χ3v) is 19.0. The van der Waals surface area contributed by atoms with Gasteiger partial charge in [0.1, 0.15) is 0 Å². The third kappa shape index (κ3) is 44.7. The Labute approximate surface area is 620 Å². The van der Waals surface area contributed by atoms with Crippen LogP contribution in [0.15, 0.2) is 107 Å². The molecule has 0 aliphatic heterocycles. The number of aromatic hydroxyl groups is 4. The number of carbonyl (C=O) groups excluding carboxylic acids is 2. The Kier molecular flexibility index (Phi) is 59.3. The van der Waals surface area contributed by atoms with Gasteiger partial charge >= 0.3 is 16.5 Å². The molecular formula is C89H140N2NiO8. The number of hydrogen-bond acceptors (Lipinski definition) is 10. The fraction of sp³-hybridized carbons (Fsp3) is 0.640. The average molecular weight is 1420 g/mol. The second-order valence-electron chi connectivity index (χ2n) is 27.9. The van der Waals surface area contributed by atoms with Crippen molar-refractivity contribution in [3.05, 3.63) is 130 Å². The van der Waals surface area contributed by atoms with Crippen molar-refractivity contribution in [2.75, 3.05) is 0 Å². The average Bonchev–Trinajstić information content (AvgIpc) is 0.841. The molecule has 564 valence electrons. The second-order valence-corrected chi connectivity index (χ2v) is 27.9. The third-order valence-electron chi connectivity index (χ3n) is 19.0.